The summed E-state index contributed by atoms with van der Waals surface area (Å²) in [5.74, 6) is 0.545. The minimum atomic E-state index is -0.799. The molecule has 3 heterocycles. The minimum absolute atomic E-state index is 0.134. The van der Waals surface area contributed by atoms with Crippen molar-refractivity contribution in [1.29, 1.82) is 0 Å². The van der Waals surface area contributed by atoms with Gasteiger partial charge in [0.2, 0.25) is 5.88 Å². The quantitative estimate of drug-likeness (QED) is 0.106. The van der Waals surface area contributed by atoms with Gasteiger partial charge in [0.05, 0.1) is 18.2 Å². The summed E-state index contributed by atoms with van der Waals surface area (Å²) in [6.45, 7) is 10.8. The summed E-state index contributed by atoms with van der Waals surface area (Å²) >= 11 is 0. The number of carbonyl (C=O) groups is 1. The van der Waals surface area contributed by atoms with Crippen LogP contribution in [0.1, 0.15) is 19.4 Å². The fourth-order valence-corrected chi connectivity index (χ4v) is 4.35. The number of benzene rings is 1. The predicted octanol–water partition coefficient (Wildman–Crippen LogP) is 5.95. The van der Waals surface area contributed by atoms with Crippen molar-refractivity contribution in [1.82, 2.24) is 24.7 Å². The van der Waals surface area contributed by atoms with Gasteiger partial charge < -0.3 is 18.9 Å². The number of nitrogens with zero attached hydrogens (tertiary/aromatic N) is 5. The van der Waals surface area contributed by atoms with Gasteiger partial charge in [-0.3, -0.25) is 9.78 Å². The molecule has 0 saturated heterocycles. The molecule has 42 heavy (non-hydrogen) atoms. The summed E-state index contributed by atoms with van der Waals surface area (Å²) in [6.07, 6.45) is 3.37. The van der Waals surface area contributed by atoms with Crippen molar-refractivity contribution >= 4 is 14.8 Å². The Morgan fingerprint density at radius 2 is 1.83 bits per heavy atom. The van der Waals surface area contributed by atoms with Gasteiger partial charge in [0.1, 0.15) is 24.9 Å². The molecule has 4 rings (SSSR count). The molecule has 0 aliphatic heterocycles. The van der Waals surface area contributed by atoms with Crippen molar-refractivity contribution < 1.29 is 28.1 Å². The van der Waals surface area contributed by atoms with Gasteiger partial charge in [-0.1, -0.05) is 13.1 Å². The fourth-order valence-electron chi connectivity index (χ4n) is 3.80. The van der Waals surface area contributed by atoms with Crippen LogP contribution in [0.3, 0.4) is 0 Å². The van der Waals surface area contributed by atoms with E-state index in [0.717, 1.165) is 17.2 Å². The Balaban J connectivity index is 1.50. The van der Waals surface area contributed by atoms with E-state index in [9.17, 15) is 9.18 Å². The Morgan fingerprint density at radius 1 is 1.07 bits per heavy atom. The second kappa shape index (κ2) is 13.7. The van der Waals surface area contributed by atoms with Crippen LogP contribution in [0.5, 0.6) is 17.6 Å². The van der Waals surface area contributed by atoms with Crippen LogP contribution in [0.4, 0.5) is 4.39 Å². The molecule has 0 saturated carbocycles. The van der Waals surface area contributed by atoms with Gasteiger partial charge in [0.25, 0.3) is 0 Å². The molecule has 0 atom stereocenters. The highest BCUT2D eigenvalue weighted by molar-refractivity contribution is 6.55. The molecule has 0 fully saturated rings. The predicted molar refractivity (Wildman–Crippen MR) is 157 cm³/mol. The highest BCUT2D eigenvalue weighted by Gasteiger charge is 2.30. The van der Waals surface area contributed by atoms with E-state index in [1.54, 1.807) is 30.9 Å². The zero-order valence-electron chi connectivity index (χ0n) is 24.7. The van der Waals surface area contributed by atoms with Gasteiger partial charge in [-0.05, 0) is 68.8 Å². The Hall–Kier alpha value is -4.16. The number of hydrogen-bond donors (Lipinski definition) is 0. The van der Waals surface area contributed by atoms with Crippen molar-refractivity contribution in [2.24, 2.45) is 5.41 Å². The molecule has 0 amide bonds. The first-order valence-electron chi connectivity index (χ1n) is 13.5. The maximum Gasteiger partial charge on any atom is 0.323 e. The van der Waals surface area contributed by atoms with Gasteiger partial charge in [0, 0.05) is 45.0 Å². The normalized spacial score (nSPS) is 11.5. The number of aromatic nitrogens is 5. The number of aryl methyl sites for hydroxylation is 1. The van der Waals surface area contributed by atoms with Crippen LogP contribution in [0.25, 0.3) is 22.6 Å². The van der Waals surface area contributed by atoms with Crippen LogP contribution in [0.2, 0.25) is 19.1 Å². The average Bonchev–Trinajstić information content (AvgIpc) is 3.37. The lowest BCUT2D eigenvalue weighted by molar-refractivity contribution is -0.152. The summed E-state index contributed by atoms with van der Waals surface area (Å²) in [6, 6.07) is 12.5. The summed E-state index contributed by atoms with van der Waals surface area (Å²) < 4.78 is 37.2. The molecule has 0 unspecified atom stereocenters. The zero-order valence-corrected chi connectivity index (χ0v) is 25.7. The van der Waals surface area contributed by atoms with Crippen molar-refractivity contribution in [2.75, 3.05) is 20.3 Å². The van der Waals surface area contributed by atoms with Gasteiger partial charge in [-0.15, -0.1) is 5.10 Å². The van der Waals surface area contributed by atoms with E-state index in [1.807, 2.05) is 25.1 Å². The van der Waals surface area contributed by atoms with E-state index < -0.39 is 14.2 Å². The smallest absolute Gasteiger partial charge is 0.323 e. The van der Waals surface area contributed by atoms with E-state index in [4.69, 9.17) is 18.9 Å². The first-order chi connectivity index (χ1) is 20.1. The molecule has 4 aromatic rings. The Morgan fingerprint density at radius 3 is 2.48 bits per heavy atom. The lowest BCUT2D eigenvalue weighted by atomic mass is 9.95. The third-order valence-corrected chi connectivity index (χ3v) is 7.53. The first-order valence-corrected chi connectivity index (χ1v) is 16.2. The largest absolute Gasteiger partial charge is 0.476 e. The Bertz CT molecular complexity index is 1490. The van der Waals surface area contributed by atoms with Crippen molar-refractivity contribution in [2.45, 2.75) is 46.6 Å². The fraction of sp³-hybridized carbons (Fsp3) is 0.367. The summed E-state index contributed by atoms with van der Waals surface area (Å²) in [5.41, 5.74) is 2.35. The molecule has 3 aromatic heterocycles. The van der Waals surface area contributed by atoms with Crippen LogP contribution < -0.4 is 9.47 Å². The molecule has 0 spiro atoms. The van der Waals surface area contributed by atoms with E-state index >= 15 is 0 Å². The monoisotopic (exact) mass is 592 g/mol. The number of methoxy groups -OCH3 is 1. The molecular formula is C30H35FN5O5Si. The highest BCUT2D eigenvalue weighted by atomic mass is 28.3. The maximum atomic E-state index is 13.4. The minimum Gasteiger partial charge on any atom is -0.476 e. The maximum absolute atomic E-state index is 13.4. The number of hydrogen-bond acceptors (Lipinski definition) is 9. The molecule has 1 aromatic carbocycles. The number of halogens is 1. The van der Waals surface area contributed by atoms with Gasteiger partial charge in [0.15, 0.2) is 5.82 Å². The molecular weight excluding hydrogens is 557 g/mol. The standard InChI is InChI=1S/C30H35FN5O5Si/c1-20-15-26(40-18-30(2,3)28(37)38-4)33-17-24(20)25-12-7-21(16-32-25)27-34-29(41-23-10-8-22(31)9-11-23)36(35-27)19-39-13-14-42(5)6/h7-12,15-17H,13-14,18-19H2,1-6H3. The number of ether oxygens (including phenoxy) is 4. The molecule has 0 aliphatic carbocycles. The third-order valence-electron chi connectivity index (χ3n) is 6.32. The van der Waals surface area contributed by atoms with Gasteiger partial charge >= 0.3 is 12.0 Å². The van der Waals surface area contributed by atoms with Crippen LogP contribution in [-0.2, 0) is 21.0 Å². The summed E-state index contributed by atoms with van der Waals surface area (Å²) in [5, 5.41) is 4.59. The summed E-state index contributed by atoms with van der Waals surface area (Å²) in [4.78, 5) is 25.5. The van der Waals surface area contributed by atoms with Crippen molar-refractivity contribution in [3.8, 4) is 40.3 Å². The summed E-state index contributed by atoms with van der Waals surface area (Å²) in [7, 11) is 0.946. The second-order valence-electron chi connectivity index (χ2n) is 10.7. The Labute approximate surface area is 246 Å². The van der Waals surface area contributed by atoms with E-state index in [-0.39, 0.29) is 31.1 Å². The van der Waals surface area contributed by atoms with Crippen molar-refractivity contribution in [3.63, 3.8) is 0 Å². The van der Waals surface area contributed by atoms with Crippen LogP contribution in [0, 0.1) is 18.2 Å². The van der Waals surface area contributed by atoms with E-state index in [2.05, 4.69) is 33.1 Å². The van der Waals surface area contributed by atoms with E-state index in [0.29, 0.717) is 35.3 Å². The van der Waals surface area contributed by atoms with Gasteiger partial charge in [-0.2, -0.15) is 9.67 Å². The molecule has 0 bridgehead atoms. The number of rotatable bonds is 13. The SMILES string of the molecule is COC(=O)C(C)(C)COc1cc(C)c(-c2ccc(-c3nc(Oc4ccc(F)cc4)n(COCC[Si](C)C)n3)cn2)cn1. The lowest BCUT2D eigenvalue weighted by Gasteiger charge is -2.21. The Kier molecular flexibility index (Phi) is 10.0. The highest BCUT2D eigenvalue weighted by Crippen LogP contribution is 2.28. The molecule has 0 N–H and O–H groups in total. The molecule has 221 valence electrons. The third kappa shape index (κ3) is 7.98. The van der Waals surface area contributed by atoms with Gasteiger partial charge in [-0.25, -0.2) is 9.37 Å². The number of carbonyl (C=O) groups excluding carboxylic acids is 1. The molecule has 0 aliphatic rings. The van der Waals surface area contributed by atoms with E-state index in [1.165, 1.54) is 31.4 Å². The zero-order chi connectivity index (χ0) is 30.3. The molecule has 1 radical (unpaired) electrons. The molecule has 10 nitrogen and oxygen atoms in total. The van der Waals surface area contributed by atoms with Crippen molar-refractivity contribution in [3.05, 3.63) is 66.2 Å². The molecule has 12 heteroatoms. The topological polar surface area (TPSA) is 110 Å². The number of pyridine rings is 2. The average molecular weight is 593 g/mol. The first kappa shape index (κ1) is 30.8. The van der Waals surface area contributed by atoms with Crippen LogP contribution >= 0.6 is 0 Å². The second-order valence-corrected chi connectivity index (χ2v) is 13.6. The number of esters is 1. The van der Waals surface area contributed by atoms with Crippen LogP contribution in [-0.4, -0.2) is 59.8 Å². The lowest BCUT2D eigenvalue weighted by Crippen LogP contribution is -2.32. The van der Waals surface area contributed by atoms with Crippen LogP contribution in [0.15, 0.2) is 54.9 Å².